The van der Waals surface area contributed by atoms with Gasteiger partial charge < -0.3 is 0 Å². The van der Waals surface area contributed by atoms with E-state index in [0.29, 0.717) is 0 Å². The lowest BCUT2D eigenvalue weighted by atomic mass is 9.85. The molecule has 1 heteroatoms. The van der Waals surface area contributed by atoms with Gasteiger partial charge >= 0.3 is 0 Å². The van der Waals surface area contributed by atoms with E-state index < -0.39 is 0 Å². The summed E-state index contributed by atoms with van der Waals surface area (Å²) in [7, 11) is 0. The lowest BCUT2D eigenvalue weighted by molar-refractivity contribution is 0.664. The first kappa shape index (κ1) is 27.7. The molecule has 0 heterocycles. The Balaban J connectivity index is 1.62. The highest BCUT2D eigenvalue weighted by atomic mass is 35.5. The maximum absolute atomic E-state index is 6.38. The van der Waals surface area contributed by atoms with Gasteiger partial charge in [-0.05, 0) is 118 Å². The van der Waals surface area contributed by atoms with E-state index in [4.69, 9.17) is 11.6 Å². The van der Waals surface area contributed by atoms with Crippen LogP contribution in [0.3, 0.4) is 0 Å². The molecule has 0 aromatic heterocycles. The summed E-state index contributed by atoms with van der Waals surface area (Å²) in [4.78, 5) is 0. The maximum atomic E-state index is 6.38. The van der Waals surface area contributed by atoms with Crippen molar-refractivity contribution < 1.29 is 0 Å². The number of fused-ring (bicyclic) bond motifs is 3. The number of rotatable bonds is 12. The predicted molar refractivity (Wildman–Crippen MR) is 171 cm³/mol. The zero-order chi connectivity index (χ0) is 27.2. The van der Waals surface area contributed by atoms with E-state index in [2.05, 4.69) is 93.6 Å². The molecule has 0 bridgehead atoms. The molecule has 4 aromatic rings. The van der Waals surface area contributed by atoms with Gasteiger partial charge in [-0.2, -0.15) is 0 Å². The standard InChI is InChI=1S/C38H43Cl/c1-4-6-8-10-14-29-25-37(34-21-20-33(39)22-27(34)3)30(15-11-9-7-5-2)24-36(29)32-19-18-31-23-28-16-12-13-17-35(28)38(31)26-32/h12-13,16-22,24-26H,4-11,14-15,23H2,1-3H3. The van der Waals surface area contributed by atoms with E-state index in [-0.39, 0.29) is 0 Å². The van der Waals surface area contributed by atoms with E-state index in [1.54, 1.807) is 0 Å². The van der Waals surface area contributed by atoms with Gasteiger partial charge in [0, 0.05) is 5.02 Å². The van der Waals surface area contributed by atoms with E-state index in [1.807, 2.05) is 0 Å². The number of halogens is 1. The van der Waals surface area contributed by atoms with Gasteiger partial charge in [0.05, 0.1) is 0 Å². The second kappa shape index (κ2) is 13.0. The molecule has 0 saturated heterocycles. The number of unbranched alkanes of at least 4 members (excludes halogenated alkanes) is 6. The summed E-state index contributed by atoms with van der Waals surface area (Å²) in [6, 6.07) is 27.6. The first-order valence-corrected chi connectivity index (χ1v) is 15.6. The summed E-state index contributed by atoms with van der Waals surface area (Å²) in [5, 5.41) is 0.815. The largest absolute Gasteiger partial charge is 0.0843 e. The number of hydrogen-bond acceptors (Lipinski definition) is 0. The predicted octanol–water partition coefficient (Wildman–Crippen LogP) is 11.8. The van der Waals surface area contributed by atoms with Crippen LogP contribution in [-0.2, 0) is 19.3 Å². The van der Waals surface area contributed by atoms with Crippen LogP contribution >= 0.6 is 11.6 Å². The molecule has 0 fully saturated rings. The van der Waals surface area contributed by atoms with Gasteiger partial charge in [-0.1, -0.05) is 119 Å². The van der Waals surface area contributed by atoms with Crippen molar-refractivity contribution in [2.24, 2.45) is 0 Å². The Morgan fingerprint density at radius 2 is 1.23 bits per heavy atom. The first-order valence-electron chi connectivity index (χ1n) is 15.2. The maximum Gasteiger partial charge on any atom is 0.0409 e. The monoisotopic (exact) mass is 534 g/mol. The highest BCUT2D eigenvalue weighted by Gasteiger charge is 2.20. The Hall–Kier alpha value is -2.83. The van der Waals surface area contributed by atoms with Crippen LogP contribution < -0.4 is 0 Å². The van der Waals surface area contributed by atoms with Crippen LogP contribution in [0.25, 0.3) is 33.4 Å². The molecule has 202 valence electrons. The Labute approximate surface area is 241 Å². The molecule has 0 unspecified atom stereocenters. The van der Waals surface area contributed by atoms with Crippen LogP contribution in [-0.4, -0.2) is 0 Å². The summed E-state index contributed by atoms with van der Waals surface area (Å²) in [6.07, 6.45) is 13.5. The second-order valence-corrected chi connectivity index (χ2v) is 11.9. The highest BCUT2D eigenvalue weighted by Crippen LogP contribution is 2.41. The molecular weight excluding hydrogens is 492 g/mol. The molecule has 0 amide bonds. The molecule has 39 heavy (non-hydrogen) atoms. The fourth-order valence-corrected chi connectivity index (χ4v) is 6.55. The molecule has 1 aliphatic carbocycles. The van der Waals surface area contributed by atoms with Gasteiger partial charge in [-0.15, -0.1) is 0 Å². The fourth-order valence-electron chi connectivity index (χ4n) is 6.33. The van der Waals surface area contributed by atoms with E-state index in [0.717, 1.165) is 24.3 Å². The molecule has 0 nitrogen and oxygen atoms in total. The molecular formula is C38H43Cl. The Morgan fingerprint density at radius 3 is 1.95 bits per heavy atom. The summed E-state index contributed by atoms with van der Waals surface area (Å²) >= 11 is 6.38. The van der Waals surface area contributed by atoms with Crippen LogP contribution in [0.15, 0.2) is 72.8 Å². The van der Waals surface area contributed by atoms with Crippen LogP contribution in [0.4, 0.5) is 0 Å². The molecule has 0 radical (unpaired) electrons. The van der Waals surface area contributed by atoms with Crippen molar-refractivity contribution in [2.75, 3.05) is 0 Å². The van der Waals surface area contributed by atoms with Gasteiger partial charge in [0.15, 0.2) is 0 Å². The number of aryl methyl sites for hydroxylation is 3. The van der Waals surface area contributed by atoms with Crippen molar-refractivity contribution in [3.05, 3.63) is 106 Å². The molecule has 5 rings (SSSR count). The molecule has 0 N–H and O–H groups in total. The molecule has 0 aliphatic heterocycles. The van der Waals surface area contributed by atoms with Gasteiger partial charge in [-0.25, -0.2) is 0 Å². The molecule has 0 saturated carbocycles. The van der Waals surface area contributed by atoms with Crippen LogP contribution in [0.5, 0.6) is 0 Å². The summed E-state index contributed by atoms with van der Waals surface area (Å²) in [5.74, 6) is 0. The zero-order valence-corrected chi connectivity index (χ0v) is 24.8. The average Bonchev–Trinajstić information content (AvgIpc) is 3.32. The van der Waals surface area contributed by atoms with Gasteiger partial charge in [0.2, 0.25) is 0 Å². The molecule has 0 spiro atoms. The summed E-state index contributed by atoms with van der Waals surface area (Å²) in [6.45, 7) is 6.79. The van der Waals surface area contributed by atoms with Gasteiger partial charge in [0.25, 0.3) is 0 Å². The molecule has 0 atom stereocenters. The summed E-state index contributed by atoms with van der Waals surface area (Å²) in [5.41, 5.74) is 15.5. The third-order valence-corrected chi connectivity index (χ3v) is 8.75. The van der Waals surface area contributed by atoms with Crippen LogP contribution in [0.2, 0.25) is 5.02 Å². The lowest BCUT2D eigenvalue weighted by Crippen LogP contribution is -2.00. The zero-order valence-electron chi connectivity index (χ0n) is 24.1. The number of benzene rings is 4. The summed E-state index contributed by atoms with van der Waals surface area (Å²) < 4.78 is 0. The normalized spacial score (nSPS) is 12.0. The van der Waals surface area contributed by atoms with Crippen LogP contribution in [0, 0.1) is 6.92 Å². The topological polar surface area (TPSA) is 0 Å². The fraction of sp³-hybridized carbons (Fsp3) is 0.368. The van der Waals surface area contributed by atoms with Crippen molar-refractivity contribution >= 4 is 11.6 Å². The van der Waals surface area contributed by atoms with Crippen molar-refractivity contribution in [1.29, 1.82) is 0 Å². The third kappa shape index (κ3) is 6.33. The third-order valence-electron chi connectivity index (χ3n) is 8.52. The second-order valence-electron chi connectivity index (χ2n) is 11.5. The Morgan fingerprint density at radius 1 is 0.564 bits per heavy atom. The molecule has 1 aliphatic rings. The minimum absolute atomic E-state index is 0.815. The average molecular weight is 535 g/mol. The van der Waals surface area contributed by atoms with Crippen molar-refractivity contribution in [3.8, 4) is 33.4 Å². The van der Waals surface area contributed by atoms with E-state index in [1.165, 1.54) is 113 Å². The minimum Gasteiger partial charge on any atom is -0.0843 e. The van der Waals surface area contributed by atoms with Crippen LogP contribution in [0.1, 0.15) is 93.0 Å². The quantitative estimate of drug-likeness (QED) is 0.140. The first-order chi connectivity index (χ1) is 19.1. The van der Waals surface area contributed by atoms with E-state index >= 15 is 0 Å². The van der Waals surface area contributed by atoms with Crippen molar-refractivity contribution in [2.45, 2.75) is 91.4 Å². The van der Waals surface area contributed by atoms with Gasteiger partial charge in [-0.3, -0.25) is 0 Å². The highest BCUT2D eigenvalue weighted by molar-refractivity contribution is 6.30. The SMILES string of the molecule is CCCCCCc1cc(-c2ccc(Cl)cc2C)c(CCCCCC)cc1-c1ccc2c(c1)-c1ccccc1C2. The Bertz CT molecular complexity index is 1430. The molecule has 4 aromatic carbocycles. The van der Waals surface area contributed by atoms with Crippen molar-refractivity contribution in [1.82, 2.24) is 0 Å². The smallest absolute Gasteiger partial charge is 0.0409 e. The lowest BCUT2D eigenvalue weighted by Gasteiger charge is -2.19. The minimum atomic E-state index is 0.815. The van der Waals surface area contributed by atoms with Crippen molar-refractivity contribution in [3.63, 3.8) is 0 Å². The Kier molecular flexibility index (Phi) is 9.25. The number of hydrogen-bond donors (Lipinski definition) is 0. The van der Waals surface area contributed by atoms with Gasteiger partial charge in [0.1, 0.15) is 0 Å². The van der Waals surface area contributed by atoms with E-state index in [9.17, 15) is 0 Å².